The second-order valence-corrected chi connectivity index (χ2v) is 7.02. The van der Waals surface area contributed by atoms with Crippen LogP contribution in [0.3, 0.4) is 0 Å². The van der Waals surface area contributed by atoms with E-state index in [0.29, 0.717) is 6.04 Å². The van der Waals surface area contributed by atoms with Gasteiger partial charge in [0.05, 0.1) is 30.2 Å². The van der Waals surface area contributed by atoms with Crippen LogP contribution < -0.4 is 4.74 Å². The summed E-state index contributed by atoms with van der Waals surface area (Å²) < 4.78 is 5.50. The number of likely N-dealkylation sites (tertiary alicyclic amines) is 1. The summed E-state index contributed by atoms with van der Waals surface area (Å²) in [6.45, 7) is 3.21. The molecule has 0 unspecified atom stereocenters. The summed E-state index contributed by atoms with van der Waals surface area (Å²) in [5, 5.41) is 0. The summed E-state index contributed by atoms with van der Waals surface area (Å²) >= 11 is 0. The van der Waals surface area contributed by atoms with E-state index in [1.165, 1.54) is 5.56 Å². The molecule has 0 atom stereocenters. The number of methoxy groups -OCH3 is 1. The number of nitrogens with one attached hydrogen (secondary N) is 2. The molecular weight excluding hydrogens is 372 g/mol. The molecule has 1 saturated heterocycles. The van der Waals surface area contributed by atoms with Crippen LogP contribution in [0.4, 0.5) is 0 Å². The van der Waals surface area contributed by atoms with Gasteiger partial charge in [-0.1, -0.05) is 30.3 Å². The number of nitrogens with zero attached hydrogens (tertiary/aromatic N) is 2. The van der Waals surface area contributed by atoms with Crippen molar-refractivity contribution >= 4 is 18.6 Å². The Hall–Kier alpha value is -2.50. The topological polar surface area (TPSA) is 56.4 Å². The first-order valence-corrected chi connectivity index (χ1v) is 9.52. The maximum Gasteiger partial charge on any atom is 0.146 e. The van der Waals surface area contributed by atoms with Gasteiger partial charge in [0.2, 0.25) is 0 Å². The van der Waals surface area contributed by atoms with Gasteiger partial charge in [-0.2, -0.15) is 0 Å². The molecule has 6 heteroatoms. The van der Waals surface area contributed by atoms with Gasteiger partial charge in [-0.05, 0) is 30.5 Å². The largest absolute Gasteiger partial charge is 0.494 e. The third-order valence-electron chi connectivity index (χ3n) is 5.14. The van der Waals surface area contributed by atoms with Crippen LogP contribution in [-0.2, 0) is 6.54 Å². The normalized spacial score (nSPS) is 15.6. The minimum atomic E-state index is 0. The van der Waals surface area contributed by atoms with Crippen molar-refractivity contribution in [3.05, 3.63) is 66.0 Å². The van der Waals surface area contributed by atoms with Crippen LogP contribution in [0, 0.1) is 0 Å². The van der Waals surface area contributed by atoms with Gasteiger partial charge in [-0.25, -0.2) is 0 Å². The molecule has 3 heterocycles. The van der Waals surface area contributed by atoms with E-state index in [4.69, 9.17) is 9.73 Å². The molecule has 0 saturated carbocycles. The molecular formula is C22H27ClN4O. The van der Waals surface area contributed by atoms with Crippen molar-refractivity contribution in [3.63, 3.8) is 0 Å². The average Bonchev–Trinajstić information content (AvgIpc) is 3.38. The van der Waals surface area contributed by atoms with E-state index in [1.807, 2.05) is 30.6 Å². The Kier molecular flexibility index (Phi) is 6.95. The number of H-pyrrole nitrogens is 2. The average molecular weight is 399 g/mol. The standard InChI is InChI=1S/C22H26N4O.ClH/c1-27-22-14-20(19-8-5-11-23-19)25-21(22)15-24-18-9-12-26(13-10-18)16-17-6-3-2-4-7-17;/h2-8,11,14-15,18,23,25H,9-10,12-13,16H2,1H3;1H. The summed E-state index contributed by atoms with van der Waals surface area (Å²) in [4.78, 5) is 14.0. The zero-order valence-electron chi connectivity index (χ0n) is 16.1. The molecule has 1 aliphatic heterocycles. The van der Waals surface area contributed by atoms with E-state index in [1.54, 1.807) is 7.11 Å². The van der Waals surface area contributed by atoms with Gasteiger partial charge >= 0.3 is 0 Å². The first-order valence-electron chi connectivity index (χ1n) is 9.52. The molecule has 0 amide bonds. The minimum absolute atomic E-state index is 0. The van der Waals surface area contributed by atoms with E-state index < -0.39 is 0 Å². The lowest BCUT2D eigenvalue weighted by molar-refractivity contribution is 0.206. The molecule has 0 radical (unpaired) electrons. The van der Waals surface area contributed by atoms with Gasteiger partial charge in [-0.3, -0.25) is 9.89 Å². The molecule has 0 aliphatic carbocycles. The summed E-state index contributed by atoms with van der Waals surface area (Å²) in [6.07, 6.45) is 6.04. The van der Waals surface area contributed by atoms with E-state index >= 15 is 0 Å². The van der Waals surface area contributed by atoms with Crippen LogP contribution in [0.15, 0.2) is 59.7 Å². The second kappa shape index (κ2) is 9.62. The number of halogens is 1. The Bertz CT molecular complexity index is 865. The highest BCUT2D eigenvalue weighted by Gasteiger charge is 2.18. The van der Waals surface area contributed by atoms with Crippen LogP contribution >= 0.6 is 12.4 Å². The van der Waals surface area contributed by atoms with E-state index in [0.717, 1.165) is 55.3 Å². The first kappa shape index (κ1) is 20.2. The Labute approximate surface area is 172 Å². The highest BCUT2D eigenvalue weighted by atomic mass is 35.5. The Morgan fingerprint density at radius 1 is 1.11 bits per heavy atom. The van der Waals surface area contributed by atoms with Gasteiger partial charge in [0, 0.05) is 38.1 Å². The number of benzene rings is 1. The van der Waals surface area contributed by atoms with E-state index in [9.17, 15) is 0 Å². The SMILES string of the molecule is COc1cc(-c2ccc[nH]2)[nH]c1C=NC1CCN(Cc2ccccc2)CC1.Cl. The highest BCUT2D eigenvalue weighted by Crippen LogP contribution is 2.25. The Morgan fingerprint density at radius 3 is 2.57 bits per heavy atom. The number of aliphatic imine (C=N–C) groups is 1. The maximum absolute atomic E-state index is 5.50. The summed E-state index contributed by atoms with van der Waals surface area (Å²) in [7, 11) is 1.70. The number of aromatic amines is 2. The molecule has 148 valence electrons. The van der Waals surface area contributed by atoms with Crippen molar-refractivity contribution in [3.8, 4) is 17.1 Å². The van der Waals surface area contributed by atoms with Crippen molar-refractivity contribution in [2.45, 2.75) is 25.4 Å². The predicted molar refractivity (Wildman–Crippen MR) is 117 cm³/mol. The summed E-state index contributed by atoms with van der Waals surface area (Å²) in [5.74, 6) is 0.824. The van der Waals surface area contributed by atoms with E-state index in [-0.39, 0.29) is 12.4 Å². The van der Waals surface area contributed by atoms with Crippen molar-refractivity contribution in [1.82, 2.24) is 14.9 Å². The summed E-state index contributed by atoms with van der Waals surface area (Å²) in [6, 6.07) is 17.1. The molecule has 0 bridgehead atoms. The summed E-state index contributed by atoms with van der Waals surface area (Å²) in [5.41, 5.74) is 4.36. The molecule has 1 aliphatic rings. The minimum Gasteiger partial charge on any atom is -0.494 e. The third kappa shape index (κ3) is 4.86. The van der Waals surface area contributed by atoms with Crippen LogP contribution in [0.25, 0.3) is 11.4 Å². The van der Waals surface area contributed by atoms with Gasteiger partial charge in [0.1, 0.15) is 5.75 Å². The number of aromatic nitrogens is 2. The molecule has 4 rings (SSSR count). The van der Waals surface area contributed by atoms with Crippen molar-refractivity contribution in [1.29, 1.82) is 0 Å². The predicted octanol–water partition coefficient (Wildman–Crippen LogP) is 4.52. The quantitative estimate of drug-likeness (QED) is 0.599. The van der Waals surface area contributed by atoms with Crippen LogP contribution in [0.2, 0.25) is 0 Å². The molecule has 1 fully saturated rings. The van der Waals surface area contributed by atoms with Crippen LogP contribution in [0.5, 0.6) is 5.75 Å². The molecule has 5 nitrogen and oxygen atoms in total. The number of hydrogen-bond acceptors (Lipinski definition) is 3. The van der Waals surface area contributed by atoms with Gasteiger partial charge in [0.15, 0.2) is 0 Å². The van der Waals surface area contributed by atoms with Gasteiger partial charge < -0.3 is 14.7 Å². The highest BCUT2D eigenvalue weighted by molar-refractivity contribution is 5.85. The molecule has 2 N–H and O–H groups in total. The third-order valence-corrected chi connectivity index (χ3v) is 5.14. The number of rotatable bonds is 6. The molecule has 28 heavy (non-hydrogen) atoms. The Morgan fingerprint density at radius 2 is 1.89 bits per heavy atom. The molecule has 1 aromatic carbocycles. The zero-order valence-corrected chi connectivity index (χ0v) is 16.9. The fraction of sp³-hybridized carbons (Fsp3) is 0.318. The second-order valence-electron chi connectivity index (χ2n) is 7.02. The zero-order chi connectivity index (χ0) is 18.5. The number of ether oxygens (including phenoxy) is 1. The monoisotopic (exact) mass is 398 g/mol. The molecule has 0 spiro atoms. The lowest BCUT2D eigenvalue weighted by Gasteiger charge is -2.30. The Balaban J connectivity index is 0.00000225. The van der Waals surface area contributed by atoms with Crippen molar-refractivity contribution < 1.29 is 4.74 Å². The lowest BCUT2D eigenvalue weighted by Crippen LogP contribution is -2.34. The van der Waals surface area contributed by atoms with Crippen LogP contribution in [-0.4, -0.2) is 47.3 Å². The smallest absolute Gasteiger partial charge is 0.146 e. The number of piperidine rings is 1. The lowest BCUT2D eigenvalue weighted by atomic mass is 10.0. The number of hydrogen-bond donors (Lipinski definition) is 2. The van der Waals surface area contributed by atoms with Gasteiger partial charge in [0.25, 0.3) is 0 Å². The van der Waals surface area contributed by atoms with Gasteiger partial charge in [-0.15, -0.1) is 12.4 Å². The molecule has 3 aromatic rings. The van der Waals surface area contributed by atoms with Crippen molar-refractivity contribution in [2.24, 2.45) is 4.99 Å². The maximum atomic E-state index is 5.50. The fourth-order valence-electron chi connectivity index (χ4n) is 3.61. The molecule has 2 aromatic heterocycles. The fourth-order valence-corrected chi connectivity index (χ4v) is 3.61. The van der Waals surface area contributed by atoms with Crippen LogP contribution in [0.1, 0.15) is 24.1 Å². The van der Waals surface area contributed by atoms with Crippen molar-refractivity contribution in [2.75, 3.05) is 20.2 Å². The first-order chi connectivity index (χ1) is 13.3. The van der Waals surface area contributed by atoms with E-state index in [2.05, 4.69) is 45.2 Å².